The van der Waals surface area contributed by atoms with E-state index in [1.807, 2.05) is 24.0 Å². The van der Waals surface area contributed by atoms with Gasteiger partial charge >= 0.3 is 6.03 Å². The number of methoxy groups -OCH3 is 1. The predicted molar refractivity (Wildman–Crippen MR) is 105 cm³/mol. The fraction of sp³-hybridized carbons (Fsp3) is 0.550. The average molecular weight is 388 g/mol. The van der Waals surface area contributed by atoms with Gasteiger partial charge in [-0.15, -0.1) is 0 Å². The first-order valence-corrected chi connectivity index (χ1v) is 9.59. The van der Waals surface area contributed by atoms with Crippen molar-refractivity contribution < 1.29 is 19.1 Å². The van der Waals surface area contributed by atoms with E-state index in [-0.39, 0.29) is 17.8 Å². The molecule has 1 aromatic carbocycles. The molecule has 0 bridgehead atoms. The van der Waals surface area contributed by atoms with Crippen LogP contribution in [0.25, 0.3) is 0 Å². The summed E-state index contributed by atoms with van der Waals surface area (Å²) in [6.45, 7) is 6.51. The number of carbonyl (C=O) groups is 3. The third-order valence-electron chi connectivity index (χ3n) is 5.53. The number of ether oxygens (including phenoxy) is 1. The van der Waals surface area contributed by atoms with Crippen molar-refractivity contribution in [3.05, 3.63) is 24.3 Å². The third-order valence-corrected chi connectivity index (χ3v) is 5.53. The number of likely N-dealkylation sites (tertiary alicyclic amines) is 1. The van der Waals surface area contributed by atoms with Gasteiger partial charge in [-0.25, -0.2) is 4.79 Å². The number of benzene rings is 1. The molecule has 1 N–H and O–H groups in total. The van der Waals surface area contributed by atoms with E-state index in [0.717, 1.165) is 0 Å². The summed E-state index contributed by atoms with van der Waals surface area (Å²) >= 11 is 0. The number of nitrogens with zero attached hydrogens (tertiary/aromatic N) is 3. The maximum Gasteiger partial charge on any atom is 0.321 e. The molecule has 4 amide bonds. The van der Waals surface area contributed by atoms with Gasteiger partial charge in [0.05, 0.1) is 7.11 Å². The lowest BCUT2D eigenvalue weighted by molar-refractivity contribution is -0.130. The highest BCUT2D eigenvalue weighted by atomic mass is 16.5. The maximum absolute atomic E-state index is 12.9. The fourth-order valence-corrected chi connectivity index (χ4v) is 4.09. The van der Waals surface area contributed by atoms with Crippen LogP contribution in [0.4, 0.5) is 10.5 Å². The molecule has 28 heavy (non-hydrogen) atoms. The number of amides is 4. The number of rotatable bonds is 3. The molecular formula is C20H28N4O4. The van der Waals surface area contributed by atoms with Crippen LogP contribution in [-0.4, -0.2) is 78.9 Å². The first-order chi connectivity index (χ1) is 13.4. The zero-order chi connectivity index (χ0) is 20.3. The number of carbonyl (C=O) groups excluding carboxylic acids is 3. The first-order valence-electron chi connectivity index (χ1n) is 9.59. The summed E-state index contributed by atoms with van der Waals surface area (Å²) in [5.74, 6) is 0.714. The van der Waals surface area contributed by atoms with Crippen molar-refractivity contribution in [3.8, 4) is 5.75 Å². The van der Waals surface area contributed by atoms with Crippen molar-refractivity contribution in [3.63, 3.8) is 0 Å². The van der Waals surface area contributed by atoms with E-state index in [0.29, 0.717) is 57.1 Å². The summed E-state index contributed by atoms with van der Waals surface area (Å²) in [7, 11) is 1.58. The van der Waals surface area contributed by atoms with Gasteiger partial charge in [-0.1, -0.05) is 6.07 Å². The summed E-state index contributed by atoms with van der Waals surface area (Å²) in [5, 5.41) is 2.91. The molecule has 0 aliphatic carbocycles. The van der Waals surface area contributed by atoms with E-state index < -0.39 is 5.41 Å². The molecule has 1 unspecified atom stereocenters. The van der Waals surface area contributed by atoms with Crippen molar-refractivity contribution in [2.45, 2.75) is 20.3 Å². The highest BCUT2D eigenvalue weighted by Crippen LogP contribution is 2.35. The highest BCUT2D eigenvalue weighted by Gasteiger charge is 2.47. The molecule has 8 nitrogen and oxygen atoms in total. The summed E-state index contributed by atoms with van der Waals surface area (Å²) in [5.41, 5.74) is 0.213. The van der Waals surface area contributed by atoms with Crippen molar-refractivity contribution in [1.82, 2.24) is 14.7 Å². The van der Waals surface area contributed by atoms with E-state index in [4.69, 9.17) is 4.74 Å². The third kappa shape index (κ3) is 4.21. The zero-order valence-corrected chi connectivity index (χ0v) is 16.7. The van der Waals surface area contributed by atoms with Crippen molar-refractivity contribution in [2.24, 2.45) is 5.41 Å². The number of hydrogen-bond donors (Lipinski definition) is 1. The van der Waals surface area contributed by atoms with Crippen molar-refractivity contribution >= 4 is 23.5 Å². The normalized spacial score (nSPS) is 22.4. The molecule has 1 atom stereocenters. The van der Waals surface area contributed by atoms with E-state index in [1.165, 1.54) is 6.92 Å². The van der Waals surface area contributed by atoms with Gasteiger partial charge in [-0.2, -0.15) is 0 Å². The SMILES string of the molecule is CCN1CC2(CC1=O)CN(C(C)=O)CCN(C(=O)Nc1cccc(OC)c1)C2. The molecule has 0 saturated carbocycles. The van der Waals surface area contributed by atoms with Crippen LogP contribution in [0.5, 0.6) is 5.75 Å². The standard InChI is InChI=1S/C20H28N4O4/c1-4-22-12-20(11-18(22)26)13-23(15(2)25)8-9-24(14-20)19(27)21-16-6-5-7-17(10-16)28-3/h5-7,10H,4,8-9,11-14H2,1-3H3,(H,21,27). The Kier molecular flexibility index (Phi) is 5.76. The minimum atomic E-state index is -0.430. The summed E-state index contributed by atoms with van der Waals surface area (Å²) in [4.78, 5) is 42.7. The van der Waals surface area contributed by atoms with Crippen LogP contribution in [0.2, 0.25) is 0 Å². The topological polar surface area (TPSA) is 82.2 Å². The Morgan fingerprint density at radius 2 is 1.89 bits per heavy atom. The number of urea groups is 1. The van der Waals surface area contributed by atoms with Gasteiger partial charge in [-0.3, -0.25) is 9.59 Å². The Morgan fingerprint density at radius 1 is 1.18 bits per heavy atom. The molecule has 0 aromatic heterocycles. The minimum absolute atomic E-state index is 0.0307. The monoisotopic (exact) mass is 388 g/mol. The lowest BCUT2D eigenvalue weighted by Gasteiger charge is -2.33. The number of nitrogens with one attached hydrogen (secondary N) is 1. The summed E-state index contributed by atoms with van der Waals surface area (Å²) in [6, 6.07) is 6.94. The lowest BCUT2D eigenvalue weighted by atomic mass is 9.86. The largest absolute Gasteiger partial charge is 0.497 e. The Labute approximate surface area is 165 Å². The van der Waals surface area contributed by atoms with Gasteiger partial charge in [0.15, 0.2) is 0 Å². The van der Waals surface area contributed by atoms with Gasteiger partial charge in [0.2, 0.25) is 11.8 Å². The fourth-order valence-electron chi connectivity index (χ4n) is 4.09. The second-order valence-corrected chi connectivity index (χ2v) is 7.61. The summed E-state index contributed by atoms with van der Waals surface area (Å²) < 4.78 is 5.20. The Hall–Kier alpha value is -2.77. The van der Waals surface area contributed by atoms with Crippen LogP contribution >= 0.6 is 0 Å². The van der Waals surface area contributed by atoms with Gasteiger partial charge in [0.1, 0.15) is 5.75 Å². The number of anilines is 1. The molecule has 152 valence electrons. The molecule has 2 saturated heterocycles. The highest BCUT2D eigenvalue weighted by molar-refractivity contribution is 5.90. The van der Waals surface area contributed by atoms with Gasteiger partial charge in [-0.05, 0) is 19.1 Å². The molecule has 1 aromatic rings. The second-order valence-electron chi connectivity index (χ2n) is 7.61. The molecule has 8 heteroatoms. The van der Waals surface area contributed by atoms with E-state index >= 15 is 0 Å². The Balaban J connectivity index is 1.79. The molecule has 1 spiro atoms. The minimum Gasteiger partial charge on any atom is -0.497 e. The van der Waals surface area contributed by atoms with E-state index in [9.17, 15) is 14.4 Å². The van der Waals surface area contributed by atoms with E-state index in [2.05, 4.69) is 5.32 Å². The smallest absolute Gasteiger partial charge is 0.321 e. The van der Waals surface area contributed by atoms with Crippen LogP contribution in [-0.2, 0) is 9.59 Å². The molecular weight excluding hydrogens is 360 g/mol. The predicted octanol–water partition coefficient (Wildman–Crippen LogP) is 1.63. The van der Waals surface area contributed by atoms with Gasteiger partial charge in [0, 0.05) is 69.8 Å². The van der Waals surface area contributed by atoms with Crippen molar-refractivity contribution in [2.75, 3.05) is 51.7 Å². The quantitative estimate of drug-likeness (QED) is 0.853. The Morgan fingerprint density at radius 3 is 2.54 bits per heavy atom. The second kappa shape index (κ2) is 8.08. The van der Waals surface area contributed by atoms with Gasteiger partial charge < -0.3 is 24.8 Å². The molecule has 2 aliphatic heterocycles. The molecule has 0 radical (unpaired) electrons. The van der Waals surface area contributed by atoms with Crippen LogP contribution in [0.15, 0.2) is 24.3 Å². The van der Waals surface area contributed by atoms with Crippen LogP contribution in [0, 0.1) is 5.41 Å². The molecule has 2 heterocycles. The maximum atomic E-state index is 12.9. The van der Waals surface area contributed by atoms with E-state index in [1.54, 1.807) is 29.0 Å². The molecule has 2 fully saturated rings. The lowest BCUT2D eigenvalue weighted by Crippen LogP contribution is -2.46. The van der Waals surface area contributed by atoms with Crippen LogP contribution < -0.4 is 10.1 Å². The van der Waals surface area contributed by atoms with Crippen LogP contribution in [0.3, 0.4) is 0 Å². The first kappa shape index (κ1) is 20.0. The molecule has 3 rings (SSSR count). The molecule has 2 aliphatic rings. The zero-order valence-electron chi connectivity index (χ0n) is 16.7. The van der Waals surface area contributed by atoms with Gasteiger partial charge in [0.25, 0.3) is 0 Å². The van der Waals surface area contributed by atoms with Crippen molar-refractivity contribution in [1.29, 1.82) is 0 Å². The average Bonchev–Trinajstić information content (AvgIpc) is 2.85. The Bertz CT molecular complexity index is 768. The number of hydrogen-bond acceptors (Lipinski definition) is 4. The van der Waals surface area contributed by atoms with Crippen LogP contribution in [0.1, 0.15) is 20.3 Å². The summed E-state index contributed by atoms with van der Waals surface area (Å²) in [6.07, 6.45) is 0.355.